The summed E-state index contributed by atoms with van der Waals surface area (Å²) in [6, 6.07) is 4.91. The Morgan fingerprint density at radius 3 is 2.89 bits per heavy atom. The monoisotopic (exact) mass is 278 g/mol. The minimum Gasteiger partial charge on any atom is -0.310 e. The summed E-state index contributed by atoms with van der Waals surface area (Å²) in [7, 11) is 0. The first-order valence-electron chi connectivity index (χ1n) is 5.96. The van der Waals surface area contributed by atoms with Crippen molar-refractivity contribution >= 4 is 23.1 Å². The minimum atomic E-state index is 0.739. The van der Waals surface area contributed by atoms with Gasteiger partial charge in [0.2, 0.25) is 0 Å². The van der Waals surface area contributed by atoms with Crippen LogP contribution < -0.4 is 5.32 Å². The quantitative estimate of drug-likeness (QED) is 0.911. The molecule has 0 saturated heterocycles. The maximum atomic E-state index is 4.44. The van der Waals surface area contributed by atoms with Gasteiger partial charge in [0, 0.05) is 18.8 Å². The highest BCUT2D eigenvalue weighted by molar-refractivity contribution is 8.01. The molecule has 1 aliphatic carbocycles. The van der Waals surface area contributed by atoms with Crippen molar-refractivity contribution in [3.63, 3.8) is 0 Å². The van der Waals surface area contributed by atoms with Crippen LogP contribution in [-0.4, -0.2) is 21.2 Å². The SMILES string of the molecule is Cc1nnc(Sc2ccc(CNC3CC3)cn2)s1. The van der Waals surface area contributed by atoms with Crippen molar-refractivity contribution in [2.75, 3.05) is 0 Å². The highest BCUT2D eigenvalue weighted by Crippen LogP contribution is 2.28. The Morgan fingerprint density at radius 2 is 2.28 bits per heavy atom. The summed E-state index contributed by atoms with van der Waals surface area (Å²) in [6.45, 7) is 2.88. The number of nitrogens with zero attached hydrogens (tertiary/aromatic N) is 3. The first-order chi connectivity index (χ1) is 8.79. The lowest BCUT2D eigenvalue weighted by Crippen LogP contribution is -2.15. The van der Waals surface area contributed by atoms with Crippen LogP contribution in [0.1, 0.15) is 23.4 Å². The van der Waals surface area contributed by atoms with Gasteiger partial charge in [0.1, 0.15) is 10.0 Å². The van der Waals surface area contributed by atoms with Crippen LogP contribution in [0.15, 0.2) is 27.7 Å². The van der Waals surface area contributed by atoms with E-state index in [1.807, 2.05) is 19.2 Å². The summed E-state index contributed by atoms with van der Waals surface area (Å²) in [5, 5.41) is 13.5. The standard InChI is InChI=1S/C12H14N4S2/c1-8-15-16-12(17-8)18-11-5-2-9(7-14-11)6-13-10-3-4-10/h2,5,7,10,13H,3-4,6H2,1H3. The molecule has 18 heavy (non-hydrogen) atoms. The van der Waals surface area contributed by atoms with E-state index in [1.54, 1.807) is 23.1 Å². The molecule has 0 unspecified atom stereocenters. The molecule has 0 amide bonds. The Balaban J connectivity index is 1.59. The topological polar surface area (TPSA) is 50.7 Å². The van der Waals surface area contributed by atoms with Gasteiger partial charge in [0.15, 0.2) is 4.34 Å². The lowest BCUT2D eigenvalue weighted by molar-refractivity contribution is 0.685. The van der Waals surface area contributed by atoms with Crippen molar-refractivity contribution in [1.29, 1.82) is 0 Å². The van der Waals surface area contributed by atoms with Gasteiger partial charge in [-0.3, -0.25) is 0 Å². The first-order valence-corrected chi connectivity index (χ1v) is 7.59. The van der Waals surface area contributed by atoms with Crippen LogP contribution in [0.5, 0.6) is 0 Å². The summed E-state index contributed by atoms with van der Waals surface area (Å²) in [5.41, 5.74) is 1.24. The molecular formula is C12H14N4S2. The Labute approximate surface area is 114 Å². The lowest BCUT2D eigenvalue weighted by Gasteiger charge is -2.03. The molecule has 6 heteroatoms. The summed E-state index contributed by atoms with van der Waals surface area (Å²) >= 11 is 3.16. The van der Waals surface area contributed by atoms with E-state index in [0.29, 0.717) is 0 Å². The molecule has 2 aromatic rings. The van der Waals surface area contributed by atoms with E-state index in [1.165, 1.54) is 18.4 Å². The molecule has 1 saturated carbocycles. The normalized spacial score (nSPS) is 14.9. The molecule has 4 nitrogen and oxygen atoms in total. The molecule has 3 rings (SSSR count). The van der Waals surface area contributed by atoms with Crippen LogP contribution in [0.2, 0.25) is 0 Å². The molecule has 0 radical (unpaired) electrons. The fourth-order valence-corrected chi connectivity index (χ4v) is 3.24. The second-order valence-electron chi connectivity index (χ2n) is 4.35. The van der Waals surface area contributed by atoms with Gasteiger partial charge in [0.25, 0.3) is 0 Å². The number of rotatable bonds is 5. The van der Waals surface area contributed by atoms with E-state index in [0.717, 1.165) is 27.0 Å². The molecular weight excluding hydrogens is 264 g/mol. The minimum absolute atomic E-state index is 0.739. The van der Waals surface area contributed by atoms with Crippen molar-refractivity contribution in [2.45, 2.75) is 41.7 Å². The van der Waals surface area contributed by atoms with Gasteiger partial charge in [-0.15, -0.1) is 10.2 Å². The maximum Gasteiger partial charge on any atom is 0.180 e. The Bertz CT molecular complexity index is 519. The summed E-state index contributed by atoms with van der Waals surface area (Å²) < 4.78 is 0.948. The third kappa shape index (κ3) is 3.28. The molecule has 1 N–H and O–H groups in total. The predicted octanol–water partition coefficient (Wildman–Crippen LogP) is 2.64. The van der Waals surface area contributed by atoms with E-state index in [2.05, 4.69) is 26.6 Å². The molecule has 1 aliphatic rings. The Morgan fingerprint density at radius 1 is 1.39 bits per heavy atom. The molecule has 0 aliphatic heterocycles. The molecule has 1 fully saturated rings. The van der Waals surface area contributed by atoms with Crippen molar-refractivity contribution in [3.8, 4) is 0 Å². The zero-order valence-electron chi connectivity index (χ0n) is 10.1. The molecule has 2 aromatic heterocycles. The number of nitrogens with one attached hydrogen (secondary N) is 1. The molecule has 0 spiro atoms. The van der Waals surface area contributed by atoms with Gasteiger partial charge in [-0.25, -0.2) is 4.98 Å². The van der Waals surface area contributed by atoms with Crippen LogP contribution >= 0.6 is 23.1 Å². The van der Waals surface area contributed by atoms with Gasteiger partial charge in [-0.05, 0) is 43.2 Å². The summed E-state index contributed by atoms with van der Waals surface area (Å²) in [6.07, 6.45) is 4.57. The van der Waals surface area contributed by atoms with Gasteiger partial charge in [0.05, 0.1) is 0 Å². The predicted molar refractivity (Wildman–Crippen MR) is 72.9 cm³/mol. The van der Waals surface area contributed by atoms with E-state index < -0.39 is 0 Å². The van der Waals surface area contributed by atoms with Crippen molar-refractivity contribution in [3.05, 3.63) is 28.9 Å². The van der Waals surface area contributed by atoms with Crippen molar-refractivity contribution in [1.82, 2.24) is 20.5 Å². The Hall–Kier alpha value is -0.980. The zero-order chi connectivity index (χ0) is 12.4. The molecule has 0 aromatic carbocycles. The van der Waals surface area contributed by atoms with Crippen LogP contribution in [-0.2, 0) is 6.54 Å². The smallest absolute Gasteiger partial charge is 0.180 e. The van der Waals surface area contributed by atoms with E-state index in [-0.39, 0.29) is 0 Å². The Kier molecular flexibility index (Phi) is 3.58. The van der Waals surface area contributed by atoms with Crippen LogP contribution in [0.4, 0.5) is 0 Å². The number of aryl methyl sites for hydroxylation is 1. The zero-order valence-corrected chi connectivity index (χ0v) is 11.7. The fourth-order valence-electron chi connectivity index (χ4n) is 1.53. The molecule has 0 atom stereocenters. The second-order valence-corrected chi connectivity index (χ2v) is 6.80. The third-order valence-electron chi connectivity index (χ3n) is 2.67. The highest BCUT2D eigenvalue weighted by atomic mass is 32.2. The second kappa shape index (κ2) is 5.34. The number of aromatic nitrogens is 3. The lowest BCUT2D eigenvalue weighted by atomic mass is 10.3. The average molecular weight is 278 g/mol. The van der Waals surface area contributed by atoms with Crippen LogP contribution in [0.25, 0.3) is 0 Å². The fraction of sp³-hybridized carbons (Fsp3) is 0.417. The number of pyridine rings is 1. The average Bonchev–Trinajstić information content (AvgIpc) is 3.12. The number of hydrogen-bond acceptors (Lipinski definition) is 6. The molecule has 2 heterocycles. The van der Waals surface area contributed by atoms with E-state index in [4.69, 9.17) is 0 Å². The van der Waals surface area contributed by atoms with Gasteiger partial charge in [-0.2, -0.15) is 0 Å². The molecule has 94 valence electrons. The third-order valence-corrected chi connectivity index (χ3v) is 4.51. The van der Waals surface area contributed by atoms with Gasteiger partial charge in [-0.1, -0.05) is 17.4 Å². The van der Waals surface area contributed by atoms with Gasteiger partial charge < -0.3 is 5.32 Å². The first kappa shape index (κ1) is 12.1. The van der Waals surface area contributed by atoms with Crippen LogP contribution in [0, 0.1) is 6.92 Å². The van der Waals surface area contributed by atoms with E-state index in [9.17, 15) is 0 Å². The van der Waals surface area contributed by atoms with Crippen molar-refractivity contribution < 1.29 is 0 Å². The largest absolute Gasteiger partial charge is 0.310 e. The summed E-state index contributed by atoms with van der Waals surface area (Å²) in [4.78, 5) is 4.44. The van der Waals surface area contributed by atoms with Crippen LogP contribution in [0.3, 0.4) is 0 Å². The molecule has 0 bridgehead atoms. The number of hydrogen-bond donors (Lipinski definition) is 1. The summed E-state index contributed by atoms with van der Waals surface area (Å²) in [5.74, 6) is 0. The van der Waals surface area contributed by atoms with Gasteiger partial charge >= 0.3 is 0 Å². The van der Waals surface area contributed by atoms with Crippen molar-refractivity contribution in [2.24, 2.45) is 0 Å². The maximum absolute atomic E-state index is 4.44. The highest BCUT2D eigenvalue weighted by Gasteiger charge is 2.19. The van der Waals surface area contributed by atoms with E-state index >= 15 is 0 Å².